The zero-order valence-corrected chi connectivity index (χ0v) is 4.73. The average molecular weight is 155 g/mol. The molecule has 0 bridgehead atoms. The van der Waals surface area contributed by atoms with Crippen molar-refractivity contribution in [2.45, 2.75) is 12.2 Å². The largest absolute Gasteiger partial charge is 0.447 e. The third kappa shape index (κ3) is 1.31. The molecule has 1 heterocycles. The van der Waals surface area contributed by atoms with E-state index in [4.69, 9.17) is 0 Å². The van der Waals surface area contributed by atoms with E-state index in [1.165, 1.54) is 0 Å². The van der Waals surface area contributed by atoms with Gasteiger partial charge < -0.3 is 10.1 Å². The van der Waals surface area contributed by atoms with Gasteiger partial charge in [-0.2, -0.15) is 13.2 Å². The minimum absolute atomic E-state index is 0.623. The summed E-state index contributed by atoms with van der Waals surface area (Å²) in [5.74, 6) is 0. The van der Waals surface area contributed by atoms with Crippen LogP contribution < -0.4 is 5.32 Å². The zero-order valence-electron chi connectivity index (χ0n) is 4.73. The number of alkyl carbamates (subject to hydrolysis) is 1. The van der Waals surface area contributed by atoms with Crippen LogP contribution >= 0.6 is 0 Å². The predicted molar refractivity (Wildman–Crippen MR) is 24.3 cm³/mol. The molecule has 1 atom stereocenters. The van der Waals surface area contributed by atoms with Crippen molar-refractivity contribution in [3.63, 3.8) is 0 Å². The number of cyclic esters (lactones) is 1. The average Bonchev–Trinajstić information content (AvgIpc) is 2.11. The van der Waals surface area contributed by atoms with Gasteiger partial charge in [0.2, 0.25) is 0 Å². The van der Waals surface area contributed by atoms with Crippen molar-refractivity contribution < 1.29 is 22.7 Å². The smallest absolute Gasteiger partial charge is 0.412 e. The molecule has 1 N–H and O–H groups in total. The second kappa shape index (κ2) is 2.03. The quantitative estimate of drug-likeness (QED) is 0.557. The van der Waals surface area contributed by atoms with Crippen LogP contribution in [0.25, 0.3) is 0 Å². The van der Waals surface area contributed by atoms with Crippen molar-refractivity contribution in [1.82, 2.24) is 5.32 Å². The first-order valence-electron chi connectivity index (χ1n) is 2.50. The first kappa shape index (κ1) is 7.17. The van der Waals surface area contributed by atoms with Gasteiger partial charge in [0, 0.05) is 0 Å². The summed E-state index contributed by atoms with van der Waals surface area (Å²) in [4.78, 5) is 10.1. The number of amides is 1. The molecule has 3 nitrogen and oxygen atoms in total. The van der Waals surface area contributed by atoms with E-state index in [0.717, 1.165) is 0 Å². The maximum Gasteiger partial charge on any atom is 0.412 e. The lowest BCUT2D eigenvalue weighted by molar-refractivity contribution is -0.152. The molecule has 1 unspecified atom stereocenters. The summed E-state index contributed by atoms with van der Waals surface area (Å²) in [7, 11) is 0. The summed E-state index contributed by atoms with van der Waals surface area (Å²) in [5.41, 5.74) is 0. The fourth-order valence-electron chi connectivity index (χ4n) is 0.561. The molecule has 1 amide bonds. The molecule has 0 aliphatic carbocycles. The van der Waals surface area contributed by atoms with Crippen molar-refractivity contribution in [3.05, 3.63) is 0 Å². The van der Waals surface area contributed by atoms with E-state index in [9.17, 15) is 18.0 Å². The van der Waals surface area contributed by atoms with E-state index >= 15 is 0 Å². The molecule has 1 rings (SSSR count). The zero-order chi connectivity index (χ0) is 7.78. The van der Waals surface area contributed by atoms with Crippen LogP contribution in [-0.2, 0) is 4.74 Å². The fourth-order valence-corrected chi connectivity index (χ4v) is 0.561. The number of alkyl halides is 3. The number of ether oxygens (including phenoxy) is 1. The van der Waals surface area contributed by atoms with E-state index in [2.05, 4.69) is 4.74 Å². The Morgan fingerprint density at radius 2 is 2.20 bits per heavy atom. The van der Waals surface area contributed by atoms with Gasteiger partial charge in [-0.15, -0.1) is 0 Å². The number of carbonyl (C=O) groups is 1. The van der Waals surface area contributed by atoms with E-state index < -0.39 is 24.9 Å². The molecule has 10 heavy (non-hydrogen) atoms. The van der Waals surface area contributed by atoms with E-state index in [-0.39, 0.29) is 0 Å². The molecule has 58 valence electrons. The third-order valence-electron chi connectivity index (χ3n) is 1.07. The fraction of sp³-hybridized carbons (Fsp3) is 0.750. The highest BCUT2D eigenvalue weighted by Gasteiger charge is 2.45. The van der Waals surface area contributed by atoms with Crippen LogP contribution in [0, 0.1) is 0 Å². The van der Waals surface area contributed by atoms with Gasteiger partial charge in [0.25, 0.3) is 0 Å². The van der Waals surface area contributed by atoms with Crippen LogP contribution in [0.4, 0.5) is 18.0 Å². The Morgan fingerprint density at radius 1 is 1.60 bits per heavy atom. The Kier molecular flexibility index (Phi) is 1.46. The van der Waals surface area contributed by atoms with Crippen LogP contribution in [0.15, 0.2) is 0 Å². The molecule has 0 aromatic carbocycles. The molecular weight excluding hydrogens is 151 g/mol. The SMILES string of the molecule is O=C1NC(C(F)(F)F)CO1. The summed E-state index contributed by atoms with van der Waals surface area (Å²) in [5, 5.41) is 1.61. The molecule has 6 heteroatoms. The maximum atomic E-state index is 11.6. The molecule has 0 spiro atoms. The van der Waals surface area contributed by atoms with Crippen molar-refractivity contribution in [1.29, 1.82) is 0 Å². The van der Waals surface area contributed by atoms with Crippen LogP contribution in [0.5, 0.6) is 0 Å². The van der Waals surface area contributed by atoms with Gasteiger partial charge in [0.05, 0.1) is 0 Å². The normalized spacial score (nSPS) is 25.9. The third-order valence-corrected chi connectivity index (χ3v) is 1.07. The van der Waals surface area contributed by atoms with Gasteiger partial charge in [0.1, 0.15) is 6.61 Å². The summed E-state index contributed by atoms with van der Waals surface area (Å²) < 4.78 is 38.9. The van der Waals surface area contributed by atoms with Gasteiger partial charge in [-0.1, -0.05) is 0 Å². The number of nitrogens with one attached hydrogen (secondary N) is 1. The second-order valence-electron chi connectivity index (χ2n) is 1.84. The molecule has 1 fully saturated rings. The van der Waals surface area contributed by atoms with Gasteiger partial charge in [-0.25, -0.2) is 4.79 Å². The Bertz CT molecular complexity index is 155. The second-order valence-corrected chi connectivity index (χ2v) is 1.84. The number of rotatable bonds is 0. The number of carbonyl (C=O) groups excluding carboxylic acids is 1. The lowest BCUT2D eigenvalue weighted by Gasteiger charge is -2.10. The molecule has 1 aliphatic rings. The predicted octanol–water partition coefficient (Wildman–Crippen LogP) is 0.657. The van der Waals surface area contributed by atoms with Crippen molar-refractivity contribution in [2.24, 2.45) is 0 Å². The van der Waals surface area contributed by atoms with Gasteiger partial charge in [0.15, 0.2) is 6.04 Å². The maximum absolute atomic E-state index is 11.6. The minimum atomic E-state index is -4.40. The standard InChI is InChI=1S/C4H4F3NO2/c5-4(6,7)2-1-10-3(9)8-2/h2H,1H2,(H,8,9). The Balaban J connectivity index is 2.53. The summed E-state index contributed by atoms with van der Waals surface area (Å²) in [6.45, 7) is -0.623. The van der Waals surface area contributed by atoms with Gasteiger partial charge in [-0.3, -0.25) is 0 Å². The first-order chi connectivity index (χ1) is 4.50. The highest BCUT2D eigenvalue weighted by molar-refractivity contribution is 5.69. The van der Waals surface area contributed by atoms with Crippen molar-refractivity contribution >= 4 is 6.09 Å². The van der Waals surface area contributed by atoms with Crippen LogP contribution in [0.3, 0.4) is 0 Å². The Morgan fingerprint density at radius 3 is 2.40 bits per heavy atom. The number of halogens is 3. The minimum Gasteiger partial charge on any atom is -0.447 e. The molecule has 1 aliphatic heterocycles. The van der Waals surface area contributed by atoms with Gasteiger partial charge >= 0.3 is 12.3 Å². The van der Waals surface area contributed by atoms with E-state index in [1.807, 2.05) is 0 Å². The van der Waals surface area contributed by atoms with Crippen molar-refractivity contribution in [3.8, 4) is 0 Å². The molecule has 1 saturated heterocycles. The summed E-state index contributed by atoms with van der Waals surface area (Å²) >= 11 is 0. The Hall–Kier alpha value is -0.940. The summed E-state index contributed by atoms with van der Waals surface area (Å²) in [6, 6.07) is -1.83. The van der Waals surface area contributed by atoms with Gasteiger partial charge in [-0.05, 0) is 0 Å². The Labute approximate surface area is 54.1 Å². The lowest BCUT2D eigenvalue weighted by atomic mass is 10.3. The van der Waals surface area contributed by atoms with Crippen LogP contribution in [0.1, 0.15) is 0 Å². The van der Waals surface area contributed by atoms with Crippen LogP contribution in [-0.4, -0.2) is 24.9 Å². The van der Waals surface area contributed by atoms with E-state index in [1.54, 1.807) is 5.32 Å². The first-order valence-corrected chi connectivity index (χ1v) is 2.50. The number of hydrogen-bond acceptors (Lipinski definition) is 2. The lowest BCUT2D eigenvalue weighted by Crippen LogP contribution is -2.40. The molecular formula is C4H4F3NO2. The van der Waals surface area contributed by atoms with Crippen LogP contribution in [0.2, 0.25) is 0 Å². The molecule has 0 aromatic rings. The molecule has 0 saturated carbocycles. The highest BCUT2D eigenvalue weighted by atomic mass is 19.4. The molecule has 0 radical (unpaired) electrons. The highest BCUT2D eigenvalue weighted by Crippen LogP contribution is 2.22. The summed E-state index contributed by atoms with van der Waals surface area (Å²) in [6.07, 6.45) is -5.41. The monoisotopic (exact) mass is 155 g/mol. The van der Waals surface area contributed by atoms with Crippen molar-refractivity contribution in [2.75, 3.05) is 6.61 Å². The van der Waals surface area contributed by atoms with E-state index in [0.29, 0.717) is 0 Å². The molecule has 0 aromatic heterocycles. The topological polar surface area (TPSA) is 38.3 Å². The number of hydrogen-bond donors (Lipinski definition) is 1.